The first kappa shape index (κ1) is 26.4. The van der Waals surface area contributed by atoms with E-state index in [1.54, 1.807) is 75.4 Å². The average molecular weight is 541 g/mol. The summed E-state index contributed by atoms with van der Waals surface area (Å²) in [4.78, 5) is 43.1. The molecule has 0 N–H and O–H groups in total. The van der Waals surface area contributed by atoms with Crippen molar-refractivity contribution in [2.24, 2.45) is 4.99 Å². The SMILES string of the molecule is COC(=O)COc1ccc(C=c2sc3n(c2=O)C(c2ccc(Cl)cc2)C(C(=O)OC(C)C)=C(C)N=3)cc1. The van der Waals surface area contributed by atoms with E-state index >= 15 is 0 Å². The highest BCUT2D eigenvalue weighted by Gasteiger charge is 2.33. The Morgan fingerprint density at radius 2 is 1.81 bits per heavy atom. The predicted molar refractivity (Wildman–Crippen MR) is 140 cm³/mol. The van der Waals surface area contributed by atoms with Gasteiger partial charge < -0.3 is 14.2 Å². The van der Waals surface area contributed by atoms with Crippen LogP contribution in [0.1, 0.15) is 37.9 Å². The van der Waals surface area contributed by atoms with Gasteiger partial charge in [-0.3, -0.25) is 9.36 Å². The second-order valence-electron chi connectivity index (χ2n) is 8.52. The summed E-state index contributed by atoms with van der Waals surface area (Å²) in [6, 6.07) is 13.3. The number of ether oxygens (including phenoxy) is 3. The third kappa shape index (κ3) is 5.84. The summed E-state index contributed by atoms with van der Waals surface area (Å²) >= 11 is 7.34. The summed E-state index contributed by atoms with van der Waals surface area (Å²) in [5.41, 5.74) is 1.99. The number of nitrogens with zero attached hydrogens (tertiary/aromatic N) is 2. The molecule has 1 aliphatic rings. The van der Waals surface area contributed by atoms with Crippen LogP contribution < -0.4 is 19.6 Å². The van der Waals surface area contributed by atoms with Gasteiger partial charge in [0.15, 0.2) is 11.4 Å². The average Bonchev–Trinajstić information content (AvgIpc) is 3.16. The number of rotatable bonds is 7. The summed E-state index contributed by atoms with van der Waals surface area (Å²) in [6.45, 7) is 5.09. The minimum Gasteiger partial charge on any atom is -0.482 e. The number of aromatic nitrogens is 1. The van der Waals surface area contributed by atoms with Crippen LogP contribution >= 0.6 is 22.9 Å². The van der Waals surface area contributed by atoms with Crippen LogP contribution in [-0.2, 0) is 19.1 Å². The van der Waals surface area contributed by atoms with Crippen LogP contribution in [0.2, 0.25) is 5.02 Å². The lowest BCUT2D eigenvalue weighted by atomic mass is 9.96. The Morgan fingerprint density at radius 1 is 1.14 bits per heavy atom. The van der Waals surface area contributed by atoms with E-state index in [9.17, 15) is 14.4 Å². The number of hydrogen-bond acceptors (Lipinski definition) is 8. The number of allylic oxidation sites excluding steroid dienone is 1. The Kier molecular flexibility index (Phi) is 7.94. The maximum absolute atomic E-state index is 13.6. The molecule has 0 radical (unpaired) electrons. The fourth-order valence-corrected chi connectivity index (χ4v) is 5.01. The number of methoxy groups -OCH3 is 1. The number of fused-ring (bicyclic) bond motifs is 1. The first-order chi connectivity index (χ1) is 17.7. The molecule has 10 heteroatoms. The summed E-state index contributed by atoms with van der Waals surface area (Å²) in [6.07, 6.45) is 1.42. The minimum absolute atomic E-state index is 0.194. The van der Waals surface area contributed by atoms with Gasteiger partial charge in [0.25, 0.3) is 5.56 Å². The molecule has 192 valence electrons. The molecule has 2 aromatic carbocycles. The van der Waals surface area contributed by atoms with Crippen molar-refractivity contribution in [2.75, 3.05) is 13.7 Å². The van der Waals surface area contributed by atoms with Crippen LogP contribution in [0.4, 0.5) is 0 Å². The van der Waals surface area contributed by atoms with Gasteiger partial charge >= 0.3 is 11.9 Å². The van der Waals surface area contributed by atoms with Crippen molar-refractivity contribution in [1.82, 2.24) is 4.57 Å². The number of carbonyl (C=O) groups excluding carboxylic acids is 2. The van der Waals surface area contributed by atoms with Crippen molar-refractivity contribution in [3.05, 3.63) is 95.6 Å². The lowest BCUT2D eigenvalue weighted by molar-refractivity contribution is -0.144. The molecule has 8 nitrogen and oxygen atoms in total. The number of halogens is 1. The zero-order valence-electron chi connectivity index (χ0n) is 20.7. The molecule has 1 aliphatic heterocycles. The molecule has 1 aromatic heterocycles. The highest BCUT2D eigenvalue weighted by atomic mass is 35.5. The lowest BCUT2D eigenvalue weighted by Crippen LogP contribution is -2.40. The number of thiazole rings is 1. The van der Waals surface area contributed by atoms with Crippen LogP contribution in [0.3, 0.4) is 0 Å². The molecule has 2 heterocycles. The van der Waals surface area contributed by atoms with Gasteiger partial charge in [0.05, 0.1) is 35.1 Å². The Hall–Kier alpha value is -3.69. The standard InChI is InChI=1S/C27H25ClN2O6S/c1-15(2)36-26(33)23-16(3)29-27-30(24(23)18-7-9-19(28)10-8-18)25(32)21(37-27)13-17-5-11-20(12-6-17)35-14-22(31)34-4/h5-13,15,24H,14H2,1-4H3. The van der Waals surface area contributed by atoms with Gasteiger partial charge in [-0.25, -0.2) is 14.6 Å². The van der Waals surface area contributed by atoms with Crippen LogP contribution in [0.5, 0.6) is 5.75 Å². The van der Waals surface area contributed by atoms with E-state index in [4.69, 9.17) is 21.1 Å². The molecule has 1 unspecified atom stereocenters. The van der Waals surface area contributed by atoms with Crippen molar-refractivity contribution in [3.63, 3.8) is 0 Å². The predicted octanol–water partition coefficient (Wildman–Crippen LogP) is 3.39. The van der Waals surface area contributed by atoms with E-state index in [0.29, 0.717) is 36.9 Å². The monoisotopic (exact) mass is 540 g/mol. The van der Waals surface area contributed by atoms with E-state index < -0.39 is 18.0 Å². The summed E-state index contributed by atoms with van der Waals surface area (Å²) in [5, 5.41) is 0.544. The first-order valence-corrected chi connectivity index (χ1v) is 12.7. The smallest absolute Gasteiger partial charge is 0.343 e. The second-order valence-corrected chi connectivity index (χ2v) is 9.97. The summed E-state index contributed by atoms with van der Waals surface area (Å²) < 4.78 is 17.4. The molecule has 1 atom stereocenters. The van der Waals surface area contributed by atoms with Crippen LogP contribution in [0.15, 0.2) is 69.6 Å². The molecule has 0 fully saturated rings. The third-order valence-electron chi connectivity index (χ3n) is 5.53. The fraction of sp³-hybridized carbons (Fsp3) is 0.259. The molecule has 4 rings (SSSR count). The zero-order valence-corrected chi connectivity index (χ0v) is 22.3. The third-order valence-corrected chi connectivity index (χ3v) is 6.77. The van der Waals surface area contributed by atoms with Gasteiger partial charge in [0, 0.05) is 5.02 Å². The number of carbonyl (C=O) groups is 2. The minimum atomic E-state index is -0.712. The number of esters is 2. The second kappa shape index (κ2) is 11.1. The van der Waals surface area contributed by atoms with E-state index in [0.717, 1.165) is 5.56 Å². The van der Waals surface area contributed by atoms with Crippen molar-refractivity contribution in [3.8, 4) is 5.75 Å². The van der Waals surface area contributed by atoms with E-state index in [1.807, 2.05) is 0 Å². The maximum Gasteiger partial charge on any atom is 0.343 e. The number of hydrogen-bond donors (Lipinski definition) is 0. The topological polar surface area (TPSA) is 96.2 Å². The van der Waals surface area contributed by atoms with Gasteiger partial charge in [-0.15, -0.1) is 0 Å². The van der Waals surface area contributed by atoms with Gasteiger partial charge in [-0.2, -0.15) is 0 Å². The highest BCUT2D eigenvalue weighted by Crippen LogP contribution is 2.31. The van der Waals surface area contributed by atoms with Gasteiger partial charge in [0.2, 0.25) is 0 Å². The molecule has 0 bridgehead atoms. The van der Waals surface area contributed by atoms with Crippen LogP contribution in [0, 0.1) is 0 Å². The number of benzene rings is 2. The normalized spacial score (nSPS) is 15.3. The molecule has 0 saturated carbocycles. The van der Waals surface area contributed by atoms with Crippen molar-refractivity contribution in [1.29, 1.82) is 0 Å². The van der Waals surface area contributed by atoms with Gasteiger partial charge in [-0.05, 0) is 62.2 Å². The largest absolute Gasteiger partial charge is 0.482 e. The van der Waals surface area contributed by atoms with E-state index in [1.165, 1.54) is 23.0 Å². The molecule has 0 spiro atoms. The Morgan fingerprint density at radius 3 is 2.43 bits per heavy atom. The van der Waals surface area contributed by atoms with Crippen LogP contribution in [0.25, 0.3) is 6.08 Å². The Balaban J connectivity index is 1.77. The van der Waals surface area contributed by atoms with E-state index in [2.05, 4.69) is 9.73 Å². The Labute approximate surface area is 222 Å². The fourth-order valence-electron chi connectivity index (χ4n) is 3.83. The van der Waals surface area contributed by atoms with E-state index in [-0.39, 0.29) is 18.3 Å². The van der Waals surface area contributed by atoms with Crippen LogP contribution in [-0.4, -0.2) is 36.3 Å². The summed E-state index contributed by atoms with van der Waals surface area (Å²) in [7, 11) is 1.29. The van der Waals surface area contributed by atoms with Crippen molar-refractivity contribution in [2.45, 2.75) is 32.9 Å². The molecular weight excluding hydrogens is 516 g/mol. The van der Waals surface area contributed by atoms with Crippen molar-refractivity contribution < 1.29 is 23.8 Å². The molecule has 0 amide bonds. The Bertz CT molecular complexity index is 1540. The maximum atomic E-state index is 13.6. The molecule has 0 aliphatic carbocycles. The molecular formula is C27H25ClN2O6S. The molecule has 0 saturated heterocycles. The highest BCUT2D eigenvalue weighted by molar-refractivity contribution is 7.07. The zero-order chi connectivity index (χ0) is 26.7. The lowest BCUT2D eigenvalue weighted by Gasteiger charge is -2.25. The summed E-state index contributed by atoms with van der Waals surface area (Å²) in [5.74, 6) is -0.504. The molecule has 3 aromatic rings. The molecule has 37 heavy (non-hydrogen) atoms. The van der Waals surface area contributed by atoms with Crippen molar-refractivity contribution >= 4 is 41.0 Å². The first-order valence-electron chi connectivity index (χ1n) is 11.5. The van der Waals surface area contributed by atoms with Gasteiger partial charge in [0.1, 0.15) is 5.75 Å². The van der Waals surface area contributed by atoms with Gasteiger partial charge in [-0.1, -0.05) is 47.2 Å². The quantitative estimate of drug-likeness (QED) is 0.426.